The van der Waals surface area contributed by atoms with Gasteiger partial charge in [0.1, 0.15) is 0 Å². The van der Waals surface area contributed by atoms with Gasteiger partial charge in [-0.1, -0.05) is 49.0 Å². The SMILES string of the molecule is C=C(CCCSc1ccc(-c2ccccc2)cc1)C(=O)O. The van der Waals surface area contributed by atoms with Gasteiger partial charge >= 0.3 is 5.97 Å². The van der Waals surface area contributed by atoms with Crippen LogP contribution in [0.1, 0.15) is 12.8 Å². The van der Waals surface area contributed by atoms with Crippen molar-refractivity contribution in [1.29, 1.82) is 0 Å². The lowest BCUT2D eigenvalue weighted by Crippen LogP contribution is -1.98. The third-order valence-corrected chi connectivity index (χ3v) is 4.25. The normalized spacial score (nSPS) is 10.3. The quantitative estimate of drug-likeness (QED) is 0.450. The average Bonchev–Trinajstić information content (AvgIpc) is 2.52. The molecule has 21 heavy (non-hydrogen) atoms. The zero-order valence-electron chi connectivity index (χ0n) is 11.8. The molecule has 2 rings (SSSR count). The topological polar surface area (TPSA) is 37.3 Å². The molecule has 0 aliphatic rings. The first kappa shape index (κ1) is 15.4. The molecule has 2 aromatic carbocycles. The predicted octanol–water partition coefficient (Wildman–Crippen LogP) is 4.87. The number of rotatable bonds is 7. The van der Waals surface area contributed by atoms with Gasteiger partial charge in [-0.3, -0.25) is 0 Å². The van der Waals surface area contributed by atoms with Gasteiger partial charge in [0.2, 0.25) is 0 Å². The zero-order valence-corrected chi connectivity index (χ0v) is 12.6. The summed E-state index contributed by atoms with van der Waals surface area (Å²) >= 11 is 1.74. The average molecular weight is 298 g/mol. The first-order valence-corrected chi connectivity index (χ1v) is 7.85. The van der Waals surface area contributed by atoms with Gasteiger partial charge in [-0.05, 0) is 41.9 Å². The molecule has 0 fully saturated rings. The minimum Gasteiger partial charge on any atom is -0.478 e. The van der Waals surface area contributed by atoms with Crippen molar-refractivity contribution < 1.29 is 9.90 Å². The number of benzene rings is 2. The van der Waals surface area contributed by atoms with Crippen LogP contribution in [0.25, 0.3) is 11.1 Å². The summed E-state index contributed by atoms with van der Waals surface area (Å²) < 4.78 is 0. The molecule has 0 aromatic heterocycles. The molecule has 0 spiro atoms. The molecule has 108 valence electrons. The fourth-order valence-electron chi connectivity index (χ4n) is 1.96. The number of aliphatic carboxylic acids is 1. The highest BCUT2D eigenvalue weighted by atomic mass is 32.2. The lowest BCUT2D eigenvalue weighted by Gasteiger charge is -2.05. The van der Waals surface area contributed by atoms with Crippen LogP contribution in [0.2, 0.25) is 0 Å². The Labute approximate surface area is 129 Å². The van der Waals surface area contributed by atoms with Crippen LogP contribution in [0.4, 0.5) is 0 Å². The Morgan fingerprint density at radius 3 is 2.24 bits per heavy atom. The lowest BCUT2D eigenvalue weighted by molar-refractivity contribution is -0.132. The molecule has 0 atom stereocenters. The second kappa shape index (κ2) is 7.70. The molecule has 1 N–H and O–H groups in total. The number of thioether (sulfide) groups is 1. The Kier molecular flexibility index (Phi) is 5.64. The predicted molar refractivity (Wildman–Crippen MR) is 88.6 cm³/mol. The van der Waals surface area contributed by atoms with Crippen molar-refractivity contribution in [2.75, 3.05) is 5.75 Å². The standard InChI is InChI=1S/C18H18O2S/c1-14(18(19)20)6-5-13-21-17-11-9-16(10-12-17)15-7-3-2-4-8-15/h2-4,7-12H,1,5-6,13H2,(H,19,20). The number of hydrogen-bond donors (Lipinski definition) is 1. The third-order valence-electron chi connectivity index (χ3n) is 3.16. The van der Waals surface area contributed by atoms with E-state index < -0.39 is 5.97 Å². The summed E-state index contributed by atoms with van der Waals surface area (Å²) in [4.78, 5) is 11.8. The van der Waals surface area contributed by atoms with Crippen LogP contribution < -0.4 is 0 Å². The molecule has 2 nitrogen and oxygen atoms in total. The van der Waals surface area contributed by atoms with Gasteiger partial charge in [-0.25, -0.2) is 4.79 Å². The summed E-state index contributed by atoms with van der Waals surface area (Å²) in [5.41, 5.74) is 2.71. The third kappa shape index (κ3) is 4.80. The Morgan fingerprint density at radius 2 is 1.62 bits per heavy atom. The second-order valence-electron chi connectivity index (χ2n) is 4.75. The van der Waals surface area contributed by atoms with Crippen molar-refractivity contribution in [3.8, 4) is 11.1 Å². The van der Waals surface area contributed by atoms with Crippen LogP contribution in [0.3, 0.4) is 0 Å². The first-order valence-electron chi connectivity index (χ1n) is 6.86. The maximum absolute atomic E-state index is 10.6. The molecule has 0 amide bonds. The van der Waals surface area contributed by atoms with E-state index in [1.807, 2.05) is 18.2 Å². The van der Waals surface area contributed by atoms with Gasteiger partial charge in [0, 0.05) is 10.5 Å². The highest BCUT2D eigenvalue weighted by molar-refractivity contribution is 7.99. The van der Waals surface area contributed by atoms with E-state index in [0.29, 0.717) is 6.42 Å². The van der Waals surface area contributed by atoms with Crippen molar-refractivity contribution in [3.05, 3.63) is 66.7 Å². The second-order valence-corrected chi connectivity index (χ2v) is 5.92. The van der Waals surface area contributed by atoms with Crippen molar-refractivity contribution >= 4 is 17.7 Å². The van der Waals surface area contributed by atoms with E-state index in [2.05, 4.69) is 43.0 Å². The summed E-state index contributed by atoms with van der Waals surface area (Å²) in [6.45, 7) is 3.54. The molecule has 0 unspecified atom stereocenters. The van der Waals surface area contributed by atoms with E-state index in [0.717, 1.165) is 12.2 Å². The molecule has 0 aliphatic heterocycles. The molecule has 0 saturated carbocycles. The van der Waals surface area contributed by atoms with Crippen molar-refractivity contribution in [2.45, 2.75) is 17.7 Å². The van der Waals surface area contributed by atoms with Crippen LogP contribution >= 0.6 is 11.8 Å². The number of carboxylic acids is 1. The van der Waals surface area contributed by atoms with Crippen LogP contribution in [-0.2, 0) is 4.79 Å². The molecular formula is C18H18O2S. The van der Waals surface area contributed by atoms with Crippen LogP contribution in [0.15, 0.2) is 71.6 Å². The lowest BCUT2D eigenvalue weighted by atomic mass is 10.1. The zero-order chi connectivity index (χ0) is 15.1. The largest absolute Gasteiger partial charge is 0.478 e. The summed E-state index contributed by atoms with van der Waals surface area (Å²) in [6.07, 6.45) is 1.38. The molecule has 0 aliphatic carbocycles. The highest BCUT2D eigenvalue weighted by Crippen LogP contribution is 2.25. The number of carboxylic acid groups (broad SMARTS) is 1. The monoisotopic (exact) mass is 298 g/mol. The molecule has 0 saturated heterocycles. The number of carbonyl (C=O) groups is 1. The van der Waals surface area contributed by atoms with Gasteiger partial charge in [0.25, 0.3) is 0 Å². The molecule has 0 bridgehead atoms. The van der Waals surface area contributed by atoms with Crippen LogP contribution in [-0.4, -0.2) is 16.8 Å². The van der Waals surface area contributed by atoms with Crippen LogP contribution in [0, 0.1) is 0 Å². The number of hydrogen-bond acceptors (Lipinski definition) is 2. The maximum Gasteiger partial charge on any atom is 0.330 e. The van der Waals surface area contributed by atoms with Gasteiger partial charge in [-0.15, -0.1) is 11.8 Å². The molecule has 2 aromatic rings. The fourth-order valence-corrected chi connectivity index (χ4v) is 2.81. The Morgan fingerprint density at radius 1 is 1.00 bits per heavy atom. The van der Waals surface area contributed by atoms with Gasteiger partial charge in [0.05, 0.1) is 0 Å². The van der Waals surface area contributed by atoms with E-state index >= 15 is 0 Å². The Balaban J connectivity index is 1.83. The summed E-state index contributed by atoms with van der Waals surface area (Å²) in [5, 5.41) is 8.73. The summed E-state index contributed by atoms with van der Waals surface area (Å²) in [5.74, 6) is 0.00369. The van der Waals surface area contributed by atoms with E-state index in [1.54, 1.807) is 11.8 Å². The fraction of sp³-hybridized carbons (Fsp3) is 0.167. The van der Waals surface area contributed by atoms with Crippen LogP contribution in [0.5, 0.6) is 0 Å². The molecule has 0 heterocycles. The molecule has 0 radical (unpaired) electrons. The Hall–Kier alpha value is -2.00. The maximum atomic E-state index is 10.6. The van der Waals surface area contributed by atoms with Crippen molar-refractivity contribution in [2.24, 2.45) is 0 Å². The van der Waals surface area contributed by atoms with E-state index in [9.17, 15) is 4.79 Å². The van der Waals surface area contributed by atoms with Crippen molar-refractivity contribution in [3.63, 3.8) is 0 Å². The molecular weight excluding hydrogens is 280 g/mol. The minimum absolute atomic E-state index is 0.287. The molecule has 3 heteroatoms. The summed E-state index contributed by atoms with van der Waals surface area (Å²) in [7, 11) is 0. The van der Waals surface area contributed by atoms with E-state index in [-0.39, 0.29) is 5.57 Å². The van der Waals surface area contributed by atoms with Gasteiger partial charge in [-0.2, -0.15) is 0 Å². The van der Waals surface area contributed by atoms with Gasteiger partial charge in [0.15, 0.2) is 0 Å². The van der Waals surface area contributed by atoms with Crippen molar-refractivity contribution in [1.82, 2.24) is 0 Å². The Bertz CT molecular complexity index is 603. The first-order chi connectivity index (χ1) is 10.2. The summed E-state index contributed by atoms with van der Waals surface area (Å²) in [6, 6.07) is 18.7. The van der Waals surface area contributed by atoms with E-state index in [4.69, 9.17) is 5.11 Å². The van der Waals surface area contributed by atoms with Gasteiger partial charge < -0.3 is 5.11 Å². The minimum atomic E-state index is -0.896. The smallest absolute Gasteiger partial charge is 0.330 e. The highest BCUT2D eigenvalue weighted by Gasteiger charge is 2.03. The van der Waals surface area contributed by atoms with E-state index in [1.165, 1.54) is 16.0 Å².